The number of ether oxygens (including phenoxy) is 1. The van der Waals surface area contributed by atoms with Gasteiger partial charge in [0.15, 0.2) is 0 Å². The van der Waals surface area contributed by atoms with Gasteiger partial charge < -0.3 is 10.1 Å². The summed E-state index contributed by atoms with van der Waals surface area (Å²) in [6.45, 7) is 0. The molecule has 2 aromatic rings. The van der Waals surface area contributed by atoms with E-state index in [0.717, 1.165) is 21.3 Å². The minimum atomic E-state index is 0.0178. The topological polar surface area (TPSA) is 21.3 Å². The fourth-order valence-electron chi connectivity index (χ4n) is 2.12. The van der Waals surface area contributed by atoms with Gasteiger partial charge in [-0.1, -0.05) is 45.7 Å². The van der Waals surface area contributed by atoms with E-state index in [2.05, 4.69) is 27.3 Å². The average molecular weight is 341 g/mol. The molecule has 0 aliphatic heterocycles. The Morgan fingerprint density at radius 1 is 1.16 bits per heavy atom. The predicted octanol–water partition coefficient (Wildman–Crippen LogP) is 4.42. The van der Waals surface area contributed by atoms with Crippen LogP contribution in [-0.4, -0.2) is 14.2 Å². The predicted molar refractivity (Wildman–Crippen MR) is 83.0 cm³/mol. The summed E-state index contributed by atoms with van der Waals surface area (Å²) in [5, 5.41) is 4.01. The number of nitrogens with one attached hydrogen (secondary N) is 1. The maximum Gasteiger partial charge on any atom is 0.124 e. The van der Waals surface area contributed by atoms with Crippen molar-refractivity contribution in [3.05, 3.63) is 63.1 Å². The fourth-order valence-corrected chi connectivity index (χ4v) is 2.81. The van der Waals surface area contributed by atoms with Gasteiger partial charge in [0.2, 0.25) is 0 Å². The molecule has 0 spiro atoms. The Morgan fingerprint density at radius 3 is 2.53 bits per heavy atom. The van der Waals surface area contributed by atoms with E-state index in [9.17, 15) is 0 Å². The van der Waals surface area contributed by atoms with Crippen molar-refractivity contribution in [1.82, 2.24) is 5.32 Å². The molecule has 1 atom stereocenters. The zero-order valence-corrected chi connectivity index (χ0v) is 13.1. The van der Waals surface area contributed by atoms with Gasteiger partial charge in [-0.15, -0.1) is 0 Å². The second kappa shape index (κ2) is 6.42. The molecule has 0 saturated heterocycles. The molecule has 0 aromatic heterocycles. The second-order valence-corrected chi connectivity index (χ2v) is 5.42. The van der Waals surface area contributed by atoms with E-state index in [-0.39, 0.29) is 6.04 Å². The molecule has 2 nitrogen and oxygen atoms in total. The second-order valence-electron chi connectivity index (χ2n) is 4.13. The van der Waals surface area contributed by atoms with Gasteiger partial charge in [0.1, 0.15) is 5.75 Å². The van der Waals surface area contributed by atoms with Crippen molar-refractivity contribution in [3.8, 4) is 5.75 Å². The van der Waals surface area contributed by atoms with Gasteiger partial charge in [0.05, 0.1) is 13.2 Å². The van der Waals surface area contributed by atoms with Crippen LogP contribution in [0.5, 0.6) is 5.75 Å². The molecule has 0 aliphatic rings. The summed E-state index contributed by atoms with van der Waals surface area (Å²) in [7, 11) is 3.59. The van der Waals surface area contributed by atoms with Crippen LogP contribution in [0.3, 0.4) is 0 Å². The summed E-state index contributed by atoms with van der Waals surface area (Å²) in [5.74, 6) is 0.819. The van der Waals surface area contributed by atoms with Gasteiger partial charge in [-0.25, -0.2) is 0 Å². The third kappa shape index (κ3) is 3.11. The van der Waals surface area contributed by atoms with Gasteiger partial charge in [-0.2, -0.15) is 0 Å². The lowest BCUT2D eigenvalue weighted by Crippen LogP contribution is -2.19. The van der Waals surface area contributed by atoms with Crippen molar-refractivity contribution >= 4 is 27.5 Å². The normalized spacial score (nSPS) is 12.2. The summed E-state index contributed by atoms with van der Waals surface area (Å²) in [4.78, 5) is 0. The Morgan fingerprint density at radius 2 is 1.89 bits per heavy atom. The van der Waals surface area contributed by atoms with E-state index in [4.69, 9.17) is 16.3 Å². The zero-order chi connectivity index (χ0) is 13.8. The molecule has 0 aliphatic carbocycles. The van der Waals surface area contributed by atoms with Gasteiger partial charge in [-0.3, -0.25) is 0 Å². The van der Waals surface area contributed by atoms with Crippen molar-refractivity contribution in [2.24, 2.45) is 0 Å². The highest BCUT2D eigenvalue weighted by Gasteiger charge is 2.18. The number of hydrogen-bond acceptors (Lipinski definition) is 2. The monoisotopic (exact) mass is 339 g/mol. The van der Waals surface area contributed by atoms with Crippen LogP contribution in [0, 0.1) is 0 Å². The number of halogens is 2. The molecule has 1 unspecified atom stereocenters. The van der Waals surface area contributed by atoms with Crippen molar-refractivity contribution < 1.29 is 4.74 Å². The van der Waals surface area contributed by atoms with Crippen molar-refractivity contribution in [2.75, 3.05) is 14.2 Å². The van der Waals surface area contributed by atoms with Crippen LogP contribution in [0.4, 0.5) is 0 Å². The molecule has 0 saturated carbocycles. The Hall–Kier alpha value is -1.03. The summed E-state index contributed by atoms with van der Waals surface area (Å²) in [5.41, 5.74) is 2.16. The van der Waals surface area contributed by atoms with Crippen LogP contribution in [0.25, 0.3) is 0 Å². The van der Waals surface area contributed by atoms with E-state index >= 15 is 0 Å². The first-order valence-corrected chi connectivity index (χ1v) is 7.09. The number of hydrogen-bond donors (Lipinski definition) is 1. The molecular weight excluding hydrogens is 326 g/mol. The summed E-state index contributed by atoms with van der Waals surface area (Å²) in [6.07, 6.45) is 0. The largest absolute Gasteiger partial charge is 0.496 e. The zero-order valence-electron chi connectivity index (χ0n) is 10.8. The lowest BCUT2D eigenvalue weighted by Gasteiger charge is -2.21. The molecule has 4 heteroatoms. The SMILES string of the molecule is CNC(c1ccccc1Br)c1cc(Cl)ccc1OC. The molecule has 2 rings (SSSR count). The van der Waals surface area contributed by atoms with E-state index in [1.807, 2.05) is 43.4 Å². The van der Waals surface area contributed by atoms with Gasteiger partial charge >= 0.3 is 0 Å². The Balaban J connectivity index is 2.54. The summed E-state index contributed by atoms with van der Waals surface area (Å²) < 4.78 is 6.48. The first kappa shape index (κ1) is 14.4. The maximum atomic E-state index is 6.11. The quantitative estimate of drug-likeness (QED) is 0.889. The van der Waals surface area contributed by atoms with Gasteiger partial charge in [-0.05, 0) is 36.9 Å². The Bertz CT molecular complexity index is 574. The number of benzene rings is 2. The molecule has 19 heavy (non-hydrogen) atoms. The van der Waals surface area contributed by atoms with Gasteiger partial charge in [0.25, 0.3) is 0 Å². The highest BCUT2D eigenvalue weighted by molar-refractivity contribution is 9.10. The van der Waals surface area contributed by atoms with E-state index in [1.54, 1.807) is 7.11 Å². The lowest BCUT2D eigenvalue weighted by atomic mass is 9.98. The van der Waals surface area contributed by atoms with Crippen LogP contribution >= 0.6 is 27.5 Å². The third-order valence-electron chi connectivity index (χ3n) is 3.01. The molecule has 0 bridgehead atoms. The lowest BCUT2D eigenvalue weighted by molar-refractivity contribution is 0.405. The molecule has 1 N–H and O–H groups in total. The van der Waals surface area contributed by atoms with Crippen LogP contribution in [0.1, 0.15) is 17.2 Å². The van der Waals surface area contributed by atoms with Crippen LogP contribution in [0.15, 0.2) is 46.9 Å². The first-order valence-electron chi connectivity index (χ1n) is 5.92. The standard InChI is InChI=1S/C15H15BrClNO/c1-18-15(11-5-3-4-6-13(11)16)12-9-10(17)7-8-14(12)19-2/h3-9,15,18H,1-2H3. The van der Waals surface area contributed by atoms with Crippen LogP contribution in [0.2, 0.25) is 5.02 Å². The smallest absolute Gasteiger partial charge is 0.124 e. The first-order chi connectivity index (χ1) is 9.17. The van der Waals surface area contributed by atoms with Crippen molar-refractivity contribution in [1.29, 1.82) is 0 Å². The average Bonchev–Trinajstić information content (AvgIpc) is 2.42. The molecule has 100 valence electrons. The summed E-state index contributed by atoms with van der Waals surface area (Å²) in [6, 6.07) is 13.8. The van der Waals surface area contributed by atoms with Crippen LogP contribution in [-0.2, 0) is 0 Å². The highest BCUT2D eigenvalue weighted by atomic mass is 79.9. The Kier molecular flexibility index (Phi) is 4.86. The molecule has 0 fully saturated rings. The van der Waals surface area contributed by atoms with Crippen LogP contribution < -0.4 is 10.1 Å². The molecule has 2 aromatic carbocycles. The maximum absolute atomic E-state index is 6.11. The molecule has 0 amide bonds. The number of rotatable bonds is 4. The third-order valence-corrected chi connectivity index (χ3v) is 3.96. The number of methoxy groups -OCH3 is 1. The molecular formula is C15H15BrClNO. The summed E-state index contributed by atoms with van der Waals surface area (Å²) >= 11 is 9.69. The molecule has 0 radical (unpaired) electrons. The van der Waals surface area contributed by atoms with E-state index < -0.39 is 0 Å². The van der Waals surface area contributed by atoms with Crippen molar-refractivity contribution in [3.63, 3.8) is 0 Å². The fraction of sp³-hybridized carbons (Fsp3) is 0.200. The van der Waals surface area contributed by atoms with Gasteiger partial charge in [0, 0.05) is 15.1 Å². The Labute approximate surface area is 126 Å². The van der Waals surface area contributed by atoms with E-state index in [0.29, 0.717) is 5.02 Å². The minimum Gasteiger partial charge on any atom is -0.496 e. The van der Waals surface area contributed by atoms with E-state index in [1.165, 1.54) is 0 Å². The minimum absolute atomic E-state index is 0.0178. The molecule has 0 heterocycles. The van der Waals surface area contributed by atoms with Crippen molar-refractivity contribution in [2.45, 2.75) is 6.04 Å². The highest BCUT2D eigenvalue weighted by Crippen LogP contribution is 2.34.